The summed E-state index contributed by atoms with van der Waals surface area (Å²) in [5.41, 5.74) is 2.56. The Balaban J connectivity index is 2.08. The van der Waals surface area contributed by atoms with Crippen LogP contribution in [0.1, 0.15) is 16.0 Å². The van der Waals surface area contributed by atoms with Gasteiger partial charge in [0.15, 0.2) is 0 Å². The molecule has 0 aliphatic carbocycles. The monoisotopic (exact) mass is 261 g/mol. The number of aromatic nitrogens is 1. The van der Waals surface area contributed by atoms with E-state index in [1.807, 2.05) is 18.3 Å². The third-order valence-corrected chi connectivity index (χ3v) is 3.16. The van der Waals surface area contributed by atoms with Crippen LogP contribution >= 0.6 is 15.9 Å². The molecule has 2 heteroatoms. The second-order valence-corrected chi connectivity index (χ2v) is 4.55. The van der Waals surface area contributed by atoms with Crippen molar-refractivity contribution in [2.75, 3.05) is 0 Å². The van der Waals surface area contributed by atoms with Crippen LogP contribution in [-0.4, -0.2) is 4.98 Å². The molecule has 0 saturated carbocycles. The van der Waals surface area contributed by atoms with E-state index in [2.05, 4.69) is 51.2 Å². The Labute approximate surface area is 98.3 Å². The minimum absolute atomic E-state index is 0.341. The molecule has 0 radical (unpaired) electrons. The van der Waals surface area contributed by atoms with Gasteiger partial charge in [0.05, 0.1) is 0 Å². The van der Waals surface area contributed by atoms with Gasteiger partial charge in [-0.2, -0.15) is 0 Å². The average molecular weight is 262 g/mol. The molecular formula is C13H12BrN. The quantitative estimate of drug-likeness (QED) is 0.767. The molecule has 0 aliphatic rings. The van der Waals surface area contributed by atoms with Crippen LogP contribution in [0.2, 0.25) is 0 Å². The average Bonchev–Trinajstić information content (AvgIpc) is 2.31. The van der Waals surface area contributed by atoms with Crippen LogP contribution in [0.4, 0.5) is 0 Å². The highest BCUT2D eigenvalue weighted by molar-refractivity contribution is 9.09. The first-order chi connectivity index (χ1) is 7.36. The Hall–Kier alpha value is -1.15. The largest absolute Gasteiger partial charge is 0.264 e. The minimum Gasteiger partial charge on any atom is -0.264 e. The van der Waals surface area contributed by atoms with Gasteiger partial charge in [-0.15, -0.1) is 0 Å². The van der Waals surface area contributed by atoms with Gasteiger partial charge in [0, 0.05) is 17.2 Å². The maximum atomic E-state index is 4.12. The minimum atomic E-state index is 0.341. The number of benzene rings is 1. The molecule has 0 bridgehead atoms. The highest BCUT2D eigenvalue weighted by Gasteiger charge is 2.07. The fourth-order valence-electron chi connectivity index (χ4n) is 1.50. The topological polar surface area (TPSA) is 12.9 Å². The molecule has 0 saturated heterocycles. The van der Waals surface area contributed by atoms with Gasteiger partial charge in [0.2, 0.25) is 0 Å². The van der Waals surface area contributed by atoms with Crippen molar-refractivity contribution >= 4 is 15.9 Å². The van der Waals surface area contributed by atoms with Crippen LogP contribution in [0, 0.1) is 0 Å². The van der Waals surface area contributed by atoms with Crippen LogP contribution in [0.25, 0.3) is 0 Å². The molecular weight excluding hydrogens is 250 g/mol. The highest BCUT2D eigenvalue weighted by Crippen LogP contribution is 2.25. The second kappa shape index (κ2) is 5.08. The summed E-state index contributed by atoms with van der Waals surface area (Å²) in [7, 11) is 0. The Kier molecular flexibility index (Phi) is 3.51. The van der Waals surface area contributed by atoms with Crippen LogP contribution in [0.15, 0.2) is 54.9 Å². The van der Waals surface area contributed by atoms with E-state index in [1.165, 1.54) is 11.1 Å². The summed E-state index contributed by atoms with van der Waals surface area (Å²) in [6, 6.07) is 14.5. The molecule has 1 atom stereocenters. The molecule has 2 rings (SSSR count). The zero-order chi connectivity index (χ0) is 10.5. The van der Waals surface area contributed by atoms with E-state index in [0.717, 1.165) is 6.42 Å². The predicted molar refractivity (Wildman–Crippen MR) is 66.1 cm³/mol. The van der Waals surface area contributed by atoms with E-state index in [4.69, 9.17) is 0 Å². The van der Waals surface area contributed by atoms with Crippen LogP contribution in [0.3, 0.4) is 0 Å². The number of rotatable bonds is 3. The summed E-state index contributed by atoms with van der Waals surface area (Å²) >= 11 is 3.68. The SMILES string of the molecule is Br[C@@H](Cc1ccccc1)c1cccnc1. The number of hydrogen-bond acceptors (Lipinski definition) is 1. The Morgan fingerprint density at radius 3 is 2.53 bits per heavy atom. The summed E-state index contributed by atoms with van der Waals surface area (Å²) in [4.78, 5) is 4.46. The zero-order valence-electron chi connectivity index (χ0n) is 8.31. The van der Waals surface area contributed by atoms with Crippen LogP contribution < -0.4 is 0 Å². The molecule has 1 aromatic carbocycles. The molecule has 0 amide bonds. The van der Waals surface area contributed by atoms with E-state index >= 15 is 0 Å². The molecule has 0 fully saturated rings. The van der Waals surface area contributed by atoms with Crippen molar-refractivity contribution in [1.82, 2.24) is 4.98 Å². The lowest BCUT2D eigenvalue weighted by Gasteiger charge is -2.09. The number of nitrogens with zero attached hydrogens (tertiary/aromatic N) is 1. The van der Waals surface area contributed by atoms with E-state index in [1.54, 1.807) is 6.20 Å². The molecule has 0 N–H and O–H groups in total. The van der Waals surface area contributed by atoms with E-state index in [-0.39, 0.29) is 0 Å². The van der Waals surface area contributed by atoms with Gasteiger partial charge in [-0.25, -0.2) is 0 Å². The molecule has 76 valence electrons. The third-order valence-electron chi connectivity index (χ3n) is 2.30. The third kappa shape index (κ3) is 2.90. The summed E-state index contributed by atoms with van der Waals surface area (Å²) < 4.78 is 0. The van der Waals surface area contributed by atoms with Crippen molar-refractivity contribution in [2.24, 2.45) is 0 Å². The van der Waals surface area contributed by atoms with Crippen LogP contribution in [-0.2, 0) is 6.42 Å². The lowest BCUT2D eigenvalue weighted by molar-refractivity contribution is 0.939. The highest BCUT2D eigenvalue weighted by atomic mass is 79.9. The lowest BCUT2D eigenvalue weighted by Crippen LogP contribution is -1.95. The van der Waals surface area contributed by atoms with Gasteiger partial charge in [0.25, 0.3) is 0 Å². The van der Waals surface area contributed by atoms with Crippen molar-refractivity contribution in [3.63, 3.8) is 0 Å². The summed E-state index contributed by atoms with van der Waals surface area (Å²) in [5.74, 6) is 0. The molecule has 0 aliphatic heterocycles. The van der Waals surface area contributed by atoms with Gasteiger partial charge in [-0.05, 0) is 23.6 Å². The lowest BCUT2D eigenvalue weighted by atomic mass is 10.1. The molecule has 1 aromatic heterocycles. The summed E-state index contributed by atoms with van der Waals surface area (Å²) in [5, 5.41) is 0. The van der Waals surface area contributed by atoms with Crippen LogP contribution in [0.5, 0.6) is 0 Å². The van der Waals surface area contributed by atoms with Gasteiger partial charge in [0.1, 0.15) is 0 Å². The van der Waals surface area contributed by atoms with Gasteiger partial charge in [-0.3, -0.25) is 4.98 Å². The maximum Gasteiger partial charge on any atom is 0.0450 e. The first-order valence-corrected chi connectivity index (χ1v) is 5.86. The number of alkyl halides is 1. The summed E-state index contributed by atoms with van der Waals surface area (Å²) in [6.45, 7) is 0. The Morgan fingerprint density at radius 1 is 1.07 bits per heavy atom. The van der Waals surface area contributed by atoms with Crippen molar-refractivity contribution in [3.05, 3.63) is 66.0 Å². The molecule has 15 heavy (non-hydrogen) atoms. The fraction of sp³-hybridized carbons (Fsp3) is 0.154. The Bertz CT molecular complexity index is 399. The normalized spacial score (nSPS) is 12.3. The first-order valence-electron chi connectivity index (χ1n) is 4.94. The predicted octanol–water partition coefficient (Wildman–Crippen LogP) is 3.76. The van der Waals surface area contributed by atoms with E-state index in [0.29, 0.717) is 4.83 Å². The molecule has 1 heterocycles. The maximum absolute atomic E-state index is 4.12. The summed E-state index contributed by atoms with van der Waals surface area (Å²) in [6.07, 6.45) is 4.70. The number of hydrogen-bond donors (Lipinski definition) is 0. The van der Waals surface area contributed by atoms with Gasteiger partial charge >= 0.3 is 0 Å². The van der Waals surface area contributed by atoms with Crippen molar-refractivity contribution in [3.8, 4) is 0 Å². The van der Waals surface area contributed by atoms with E-state index < -0.39 is 0 Å². The van der Waals surface area contributed by atoms with Gasteiger partial charge in [-0.1, -0.05) is 52.3 Å². The van der Waals surface area contributed by atoms with Crippen molar-refractivity contribution in [2.45, 2.75) is 11.2 Å². The number of halogens is 1. The molecule has 0 spiro atoms. The standard InChI is InChI=1S/C13H12BrN/c14-13(12-7-4-8-15-10-12)9-11-5-2-1-3-6-11/h1-8,10,13H,9H2/t13-/m0/s1. The first kappa shape index (κ1) is 10.4. The smallest absolute Gasteiger partial charge is 0.0450 e. The molecule has 0 unspecified atom stereocenters. The van der Waals surface area contributed by atoms with Crippen molar-refractivity contribution in [1.29, 1.82) is 0 Å². The molecule has 2 aromatic rings. The second-order valence-electron chi connectivity index (χ2n) is 3.44. The number of pyridine rings is 1. The molecule has 1 nitrogen and oxygen atoms in total. The fourth-order valence-corrected chi connectivity index (χ4v) is 2.14. The van der Waals surface area contributed by atoms with Gasteiger partial charge < -0.3 is 0 Å². The van der Waals surface area contributed by atoms with Crippen molar-refractivity contribution < 1.29 is 0 Å². The Morgan fingerprint density at radius 2 is 1.87 bits per heavy atom. The van der Waals surface area contributed by atoms with E-state index in [9.17, 15) is 0 Å². The zero-order valence-corrected chi connectivity index (χ0v) is 9.89.